The maximum absolute atomic E-state index is 13.8. The molecule has 6 nitrogen and oxygen atoms in total. The van der Waals surface area contributed by atoms with E-state index >= 15 is 0 Å². The van der Waals surface area contributed by atoms with Gasteiger partial charge in [-0.2, -0.15) is 0 Å². The minimum atomic E-state index is -0.870. The number of phenols is 1. The van der Waals surface area contributed by atoms with E-state index in [-0.39, 0.29) is 35.4 Å². The summed E-state index contributed by atoms with van der Waals surface area (Å²) < 4.78 is 28.9. The molecule has 7 heteroatoms. The summed E-state index contributed by atoms with van der Waals surface area (Å²) in [5, 5.41) is 12.9. The lowest BCUT2D eigenvalue weighted by atomic mass is 10.1. The molecule has 0 spiro atoms. The number of phenolic OH excluding ortho intramolecular Hbond substituents is 1. The Hall–Kier alpha value is -2.44. The van der Waals surface area contributed by atoms with Crippen LogP contribution in [-0.4, -0.2) is 17.1 Å². The summed E-state index contributed by atoms with van der Waals surface area (Å²) in [6, 6.07) is 2.47. The Kier molecular flexibility index (Phi) is 1.88. The second-order valence-electron chi connectivity index (χ2n) is 3.43. The molecule has 0 bridgehead atoms. The Labute approximate surface area is 94.3 Å². The average Bonchev–Trinajstić information content (AvgIpc) is 2.89. The second-order valence-corrected chi connectivity index (χ2v) is 3.43. The van der Waals surface area contributed by atoms with E-state index in [0.717, 1.165) is 6.07 Å². The van der Waals surface area contributed by atoms with Crippen molar-refractivity contribution in [2.24, 2.45) is 0 Å². The second kappa shape index (κ2) is 3.27. The molecule has 1 aliphatic rings. The first-order valence-corrected chi connectivity index (χ1v) is 4.70. The lowest BCUT2D eigenvalue weighted by molar-refractivity contribution is 0.174. The third-order valence-electron chi connectivity index (χ3n) is 2.36. The Bertz CT molecular complexity index is 596. The first-order valence-electron chi connectivity index (χ1n) is 4.70. The first kappa shape index (κ1) is 9.76. The zero-order chi connectivity index (χ0) is 12.0. The van der Waals surface area contributed by atoms with Gasteiger partial charge in [0.15, 0.2) is 34.6 Å². The van der Waals surface area contributed by atoms with Crippen molar-refractivity contribution >= 4 is 5.82 Å². The van der Waals surface area contributed by atoms with E-state index in [1.54, 1.807) is 0 Å². The van der Waals surface area contributed by atoms with Gasteiger partial charge in [0.2, 0.25) is 6.79 Å². The number of nitrogen functional groups attached to an aromatic ring is 1. The average molecular weight is 238 g/mol. The molecule has 0 atom stereocenters. The maximum Gasteiger partial charge on any atom is 0.231 e. The quantitative estimate of drug-likeness (QED) is 0.782. The molecule has 3 rings (SSSR count). The van der Waals surface area contributed by atoms with Crippen LogP contribution < -0.4 is 15.2 Å². The summed E-state index contributed by atoms with van der Waals surface area (Å²) in [6.45, 7) is -0.0468. The van der Waals surface area contributed by atoms with Crippen LogP contribution >= 0.6 is 0 Å². The van der Waals surface area contributed by atoms with Gasteiger partial charge in [0.25, 0.3) is 0 Å². The number of halogens is 1. The predicted octanol–water partition coefficient (Wildman–Crippen LogP) is 1.50. The smallest absolute Gasteiger partial charge is 0.231 e. The van der Waals surface area contributed by atoms with E-state index in [2.05, 4.69) is 5.16 Å². The number of ether oxygens (including phenoxy) is 2. The molecule has 0 amide bonds. The van der Waals surface area contributed by atoms with Crippen molar-refractivity contribution < 1.29 is 23.5 Å². The highest BCUT2D eigenvalue weighted by atomic mass is 19.1. The molecule has 1 aromatic carbocycles. The van der Waals surface area contributed by atoms with Crippen molar-refractivity contribution in [3.63, 3.8) is 0 Å². The third-order valence-corrected chi connectivity index (χ3v) is 2.36. The van der Waals surface area contributed by atoms with Crippen molar-refractivity contribution in [3.05, 3.63) is 17.9 Å². The van der Waals surface area contributed by atoms with Crippen molar-refractivity contribution in [2.75, 3.05) is 12.5 Å². The molecule has 88 valence electrons. The van der Waals surface area contributed by atoms with Gasteiger partial charge < -0.3 is 24.8 Å². The van der Waals surface area contributed by atoms with E-state index in [1.165, 1.54) is 6.07 Å². The molecule has 1 aromatic heterocycles. The molecule has 0 aliphatic carbocycles. The van der Waals surface area contributed by atoms with E-state index in [0.29, 0.717) is 0 Å². The van der Waals surface area contributed by atoms with E-state index < -0.39 is 11.6 Å². The summed E-state index contributed by atoms with van der Waals surface area (Å²) in [7, 11) is 0. The largest absolute Gasteiger partial charge is 0.505 e. The van der Waals surface area contributed by atoms with Crippen molar-refractivity contribution in [1.82, 2.24) is 5.16 Å². The van der Waals surface area contributed by atoms with Gasteiger partial charge in [-0.3, -0.25) is 0 Å². The number of aromatic nitrogens is 1. The third kappa shape index (κ3) is 1.36. The fraction of sp³-hybridized carbons (Fsp3) is 0.100. The Morgan fingerprint density at radius 3 is 2.88 bits per heavy atom. The lowest BCUT2D eigenvalue weighted by Gasteiger charge is -2.05. The standard InChI is InChI=1S/C10H7FN2O4/c11-9-4(14)1-6-10(16-3-15-6)8(9)5-2-7(12)13-17-5/h1-2,14H,3H2,(H2,12,13). The fourth-order valence-electron chi connectivity index (χ4n) is 1.63. The van der Waals surface area contributed by atoms with Crippen LogP contribution in [0.5, 0.6) is 17.2 Å². The van der Waals surface area contributed by atoms with Gasteiger partial charge in [0.1, 0.15) is 5.56 Å². The number of benzene rings is 1. The van der Waals surface area contributed by atoms with Crippen molar-refractivity contribution in [1.29, 1.82) is 0 Å². The molecule has 0 saturated carbocycles. The maximum atomic E-state index is 13.8. The summed E-state index contributed by atoms with van der Waals surface area (Å²) in [5.41, 5.74) is 5.33. The number of hydrogen-bond donors (Lipinski definition) is 2. The lowest BCUT2D eigenvalue weighted by Crippen LogP contribution is -1.94. The number of rotatable bonds is 1. The molecule has 1 aliphatic heterocycles. The zero-order valence-corrected chi connectivity index (χ0v) is 8.44. The predicted molar refractivity (Wildman–Crippen MR) is 54.1 cm³/mol. The van der Waals surface area contributed by atoms with Gasteiger partial charge in [0.05, 0.1) is 0 Å². The highest BCUT2D eigenvalue weighted by Crippen LogP contribution is 2.46. The van der Waals surface area contributed by atoms with Gasteiger partial charge in [-0.15, -0.1) is 0 Å². The van der Waals surface area contributed by atoms with Crippen molar-refractivity contribution in [2.45, 2.75) is 0 Å². The zero-order valence-electron chi connectivity index (χ0n) is 8.44. The molecule has 0 saturated heterocycles. The van der Waals surface area contributed by atoms with Gasteiger partial charge in [-0.1, -0.05) is 5.16 Å². The normalized spacial score (nSPS) is 13.0. The molecule has 17 heavy (non-hydrogen) atoms. The number of nitrogens with two attached hydrogens (primary N) is 1. The molecule has 0 unspecified atom stereocenters. The monoisotopic (exact) mass is 238 g/mol. The SMILES string of the molecule is Nc1cc(-c2c(F)c(O)cc3c2OCO3)on1. The highest BCUT2D eigenvalue weighted by molar-refractivity contribution is 5.74. The van der Waals surface area contributed by atoms with E-state index in [1.807, 2.05) is 0 Å². The summed E-state index contributed by atoms with van der Waals surface area (Å²) in [6.07, 6.45) is 0. The molecule has 2 aromatic rings. The summed E-state index contributed by atoms with van der Waals surface area (Å²) >= 11 is 0. The minimum absolute atomic E-state index is 0.0468. The molecule has 0 radical (unpaired) electrons. The van der Waals surface area contributed by atoms with Crippen LogP contribution in [0.1, 0.15) is 0 Å². The Morgan fingerprint density at radius 2 is 2.18 bits per heavy atom. The summed E-state index contributed by atoms with van der Waals surface area (Å²) in [4.78, 5) is 0. The molecular formula is C10H7FN2O4. The molecule has 2 heterocycles. The molecular weight excluding hydrogens is 231 g/mol. The number of anilines is 1. The fourth-order valence-corrected chi connectivity index (χ4v) is 1.63. The van der Waals surface area contributed by atoms with Gasteiger partial charge in [-0.25, -0.2) is 4.39 Å². The van der Waals surface area contributed by atoms with Crippen LogP contribution in [0.2, 0.25) is 0 Å². The molecule has 0 fully saturated rings. The number of nitrogens with zero attached hydrogens (tertiary/aromatic N) is 1. The minimum Gasteiger partial charge on any atom is -0.505 e. The highest BCUT2D eigenvalue weighted by Gasteiger charge is 2.28. The topological polar surface area (TPSA) is 90.7 Å². The number of fused-ring (bicyclic) bond motifs is 1. The molecule has 3 N–H and O–H groups in total. The van der Waals surface area contributed by atoms with Crippen LogP contribution in [0.4, 0.5) is 10.2 Å². The Morgan fingerprint density at radius 1 is 1.35 bits per heavy atom. The Balaban J connectivity index is 2.28. The first-order chi connectivity index (χ1) is 8.16. The van der Waals surface area contributed by atoms with Crippen LogP contribution in [-0.2, 0) is 0 Å². The van der Waals surface area contributed by atoms with Gasteiger partial charge >= 0.3 is 0 Å². The number of aromatic hydroxyl groups is 1. The van der Waals surface area contributed by atoms with Crippen LogP contribution in [0.15, 0.2) is 16.7 Å². The van der Waals surface area contributed by atoms with Crippen LogP contribution in [0.25, 0.3) is 11.3 Å². The van der Waals surface area contributed by atoms with Crippen LogP contribution in [0, 0.1) is 5.82 Å². The van der Waals surface area contributed by atoms with Crippen molar-refractivity contribution in [3.8, 4) is 28.6 Å². The van der Waals surface area contributed by atoms with Gasteiger partial charge in [0, 0.05) is 12.1 Å². The van der Waals surface area contributed by atoms with E-state index in [9.17, 15) is 9.50 Å². The summed E-state index contributed by atoms with van der Waals surface area (Å²) in [5.74, 6) is -0.844. The van der Waals surface area contributed by atoms with E-state index in [4.69, 9.17) is 19.7 Å². The van der Waals surface area contributed by atoms with Gasteiger partial charge in [-0.05, 0) is 0 Å². The number of hydrogen-bond acceptors (Lipinski definition) is 6. The van der Waals surface area contributed by atoms with Crippen LogP contribution in [0.3, 0.4) is 0 Å².